The van der Waals surface area contributed by atoms with E-state index < -0.39 is 5.97 Å². The molecule has 100 valence electrons. The zero-order chi connectivity index (χ0) is 13.9. The first-order chi connectivity index (χ1) is 9.79. The van der Waals surface area contributed by atoms with Crippen molar-refractivity contribution in [2.45, 2.75) is 6.92 Å². The van der Waals surface area contributed by atoms with Crippen molar-refractivity contribution in [3.8, 4) is 11.5 Å². The maximum absolute atomic E-state index is 11.5. The number of ether oxygens (including phenoxy) is 1. The standard InChI is InChI=1S/C14H11N3O3/c1-2-19-14(18)13-17-16-12(20-13)10-7-3-5-9-6-4-8-15-11(9)10/h3-8H,2H2,1H3. The lowest BCUT2D eigenvalue weighted by Crippen LogP contribution is -2.04. The predicted octanol–water partition coefficient (Wildman–Crippen LogP) is 2.46. The maximum Gasteiger partial charge on any atom is 0.396 e. The summed E-state index contributed by atoms with van der Waals surface area (Å²) < 4.78 is 10.2. The number of fused-ring (bicyclic) bond motifs is 1. The minimum absolute atomic E-state index is 0.158. The lowest BCUT2D eigenvalue weighted by atomic mass is 10.1. The molecule has 0 unspecified atom stereocenters. The van der Waals surface area contributed by atoms with Crippen LogP contribution in [0.2, 0.25) is 0 Å². The van der Waals surface area contributed by atoms with Gasteiger partial charge in [0.1, 0.15) is 0 Å². The molecule has 6 heteroatoms. The molecule has 0 fully saturated rings. The van der Waals surface area contributed by atoms with Gasteiger partial charge in [-0.2, -0.15) is 0 Å². The van der Waals surface area contributed by atoms with Crippen molar-refractivity contribution in [2.75, 3.05) is 6.61 Å². The highest BCUT2D eigenvalue weighted by atomic mass is 16.5. The van der Waals surface area contributed by atoms with Gasteiger partial charge in [0.05, 0.1) is 17.7 Å². The Labute approximate surface area is 114 Å². The van der Waals surface area contributed by atoms with E-state index in [0.29, 0.717) is 5.56 Å². The summed E-state index contributed by atoms with van der Waals surface area (Å²) in [7, 11) is 0. The Hall–Kier alpha value is -2.76. The molecular weight excluding hydrogens is 258 g/mol. The number of benzene rings is 1. The van der Waals surface area contributed by atoms with E-state index in [9.17, 15) is 4.79 Å². The number of esters is 1. The van der Waals surface area contributed by atoms with Crippen molar-refractivity contribution in [2.24, 2.45) is 0 Å². The van der Waals surface area contributed by atoms with Crippen LogP contribution in [0.3, 0.4) is 0 Å². The Bertz CT molecular complexity index is 762. The summed E-state index contributed by atoms with van der Waals surface area (Å²) in [6.45, 7) is 1.97. The molecule has 0 saturated carbocycles. The van der Waals surface area contributed by atoms with Gasteiger partial charge in [0, 0.05) is 11.6 Å². The molecule has 0 atom stereocenters. The van der Waals surface area contributed by atoms with E-state index in [4.69, 9.17) is 9.15 Å². The number of carbonyl (C=O) groups excluding carboxylic acids is 1. The zero-order valence-corrected chi connectivity index (χ0v) is 10.7. The van der Waals surface area contributed by atoms with E-state index >= 15 is 0 Å². The molecule has 1 aromatic carbocycles. The first kappa shape index (κ1) is 12.3. The molecule has 0 aliphatic carbocycles. The van der Waals surface area contributed by atoms with Gasteiger partial charge >= 0.3 is 11.9 Å². The second-order valence-corrected chi connectivity index (χ2v) is 4.01. The molecule has 0 spiro atoms. The molecule has 0 N–H and O–H groups in total. The normalized spacial score (nSPS) is 10.7. The van der Waals surface area contributed by atoms with Crippen molar-refractivity contribution in [3.63, 3.8) is 0 Å². The smallest absolute Gasteiger partial charge is 0.396 e. The third kappa shape index (κ3) is 2.11. The number of para-hydroxylation sites is 1. The topological polar surface area (TPSA) is 78.1 Å². The summed E-state index contributed by atoms with van der Waals surface area (Å²) in [6, 6.07) is 9.41. The number of rotatable bonds is 3. The molecule has 3 rings (SSSR count). The van der Waals surface area contributed by atoms with Crippen LogP contribution < -0.4 is 0 Å². The Kier molecular flexibility index (Phi) is 3.12. The number of pyridine rings is 1. The molecule has 0 saturated heterocycles. The quantitative estimate of drug-likeness (QED) is 0.679. The summed E-state index contributed by atoms with van der Waals surface area (Å²) >= 11 is 0. The molecular formula is C14H11N3O3. The van der Waals surface area contributed by atoms with Gasteiger partial charge in [-0.3, -0.25) is 4.98 Å². The fourth-order valence-corrected chi connectivity index (χ4v) is 1.88. The lowest BCUT2D eigenvalue weighted by molar-refractivity contribution is 0.0481. The van der Waals surface area contributed by atoms with E-state index in [0.717, 1.165) is 10.9 Å². The van der Waals surface area contributed by atoms with Crippen LogP contribution in [-0.2, 0) is 4.74 Å². The molecule has 3 aromatic rings. The summed E-state index contributed by atoms with van der Waals surface area (Å²) in [5.41, 5.74) is 1.43. The van der Waals surface area contributed by atoms with Crippen molar-refractivity contribution < 1.29 is 13.9 Å². The van der Waals surface area contributed by atoms with E-state index in [2.05, 4.69) is 15.2 Å². The highest BCUT2D eigenvalue weighted by Gasteiger charge is 2.18. The van der Waals surface area contributed by atoms with Gasteiger partial charge in [-0.15, -0.1) is 10.2 Å². The Morgan fingerprint density at radius 3 is 2.95 bits per heavy atom. The second-order valence-electron chi connectivity index (χ2n) is 4.01. The van der Waals surface area contributed by atoms with E-state index in [1.165, 1.54) is 0 Å². The number of hydrogen-bond donors (Lipinski definition) is 0. The summed E-state index contributed by atoms with van der Waals surface area (Å²) in [4.78, 5) is 15.8. The van der Waals surface area contributed by atoms with Crippen molar-refractivity contribution in [1.82, 2.24) is 15.2 Å². The summed E-state index contributed by atoms with van der Waals surface area (Å²) in [6.07, 6.45) is 1.69. The highest BCUT2D eigenvalue weighted by Crippen LogP contribution is 2.25. The Balaban J connectivity index is 2.06. The summed E-state index contributed by atoms with van der Waals surface area (Å²) in [5, 5.41) is 8.54. The van der Waals surface area contributed by atoms with Crippen molar-refractivity contribution in [1.29, 1.82) is 0 Å². The van der Waals surface area contributed by atoms with Gasteiger partial charge in [0.25, 0.3) is 5.89 Å². The van der Waals surface area contributed by atoms with Crippen molar-refractivity contribution in [3.05, 3.63) is 42.4 Å². The van der Waals surface area contributed by atoms with Crippen LogP contribution in [-0.4, -0.2) is 27.8 Å². The molecule has 0 aliphatic rings. The minimum atomic E-state index is -0.626. The van der Waals surface area contributed by atoms with Crippen LogP contribution in [0.25, 0.3) is 22.4 Å². The molecule has 0 radical (unpaired) electrons. The number of aromatic nitrogens is 3. The third-order valence-corrected chi connectivity index (χ3v) is 2.74. The first-order valence-electron chi connectivity index (χ1n) is 6.14. The van der Waals surface area contributed by atoms with Gasteiger partial charge in [-0.05, 0) is 19.1 Å². The molecule has 0 amide bonds. The van der Waals surface area contributed by atoms with Gasteiger partial charge in [-0.1, -0.05) is 18.2 Å². The molecule has 0 aliphatic heterocycles. The zero-order valence-electron chi connectivity index (χ0n) is 10.7. The molecule has 20 heavy (non-hydrogen) atoms. The van der Waals surface area contributed by atoms with Gasteiger partial charge in [0.2, 0.25) is 0 Å². The third-order valence-electron chi connectivity index (χ3n) is 2.74. The second kappa shape index (κ2) is 5.08. The molecule has 2 aromatic heterocycles. The van der Waals surface area contributed by atoms with Crippen LogP contribution in [0.4, 0.5) is 0 Å². The van der Waals surface area contributed by atoms with E-state index in [-0.39, 0.29) is 18.4 Å². The van der Waals surface area contributed by atoms with Crippen LogP contribution in [0.1, 0.15) is 17.6 Å². The largest absolute Gasteiger partial charge is 0.459 e. The maximum atomic E-state index is 11.5. The molecule has 0 bridgehead atoms. The molecule has 6 nitrogen and oxygen atoms in total. The fourth-order valence-electron chi connectivity index (χ4n) is 1.88. The van der Waals surface area contributed by atoms with Gasteiger partial charge < -0.3 is 9.15 Å². The number of nitrogens with zero attached hydrogens (tertiary/aromatic N) is 3. The van der Waals surface area contributed by atoms with Gasteiger partial charge in [0.15, 0.2) is 0 Å². The SMILES string of the molecule is CCOC(=O)c1nnc(-c2cccc3cccnc23)o1. The van der Waals surface area contributed by atoms with Crippen LogP contribution in [0.5, 0.6) is 0 Å². The number of carbonyl (C=O) groups is 1. The van der Waals surface area contributed by atoms with Crippen LogP contribution >= 0.6 is 0 Å². The van der Waals surface area contributed by atoms with Gasteiger partial charge in [-0.25, -0.2) is 4.79 Å². The monoisotopic (exact) mass is 269 g/mol. The highest BCUT2D eigenvalue weighted by molar-refractivity contribution is 5.91. The van der Waals surface area contributed by atoms with Crippen molar-refractivity contribution >= 4 is 16.9 Å². The average molecular weight is 269 g/mol. The average Bonchev–Trinajstić information content (AvgIpc) is 2.97. The Morgan fingerprint density at radius 1 is 1.25 bits per heavy atom. The summed E-state index contributed by atoms with van der Waals surface area (Å²) in [5.74, 6) is -0.536. The Morgan fingerprint density at radius 2 is 2.10 bits per heavy atom. The minimum Gasteiger partial charge on any atom is -0.459 e. The van der Waals surface area contributed by atoms with E-state index in [1.54, 1.807) is 13.1 Å². The first-order valence-corrected chi connectivity index (χ1v) is 6.14. The molecule has 2 heterocycles. The fraction of sp³-hybridized carbons (Fsp3) is 0.143. The number of hydrogen-bond acceptors (Lipinski definition) is 6. The lowest BCUT2D eigenvalue weighted by Gasteiger charge is -2.00. The van der Waals surface area contributed by atoms with E-state index in [1.807, 2.05) is 30.3 Å². The van der Waals surface area contributed by atoms with Crippen LogP contribution in [0.15, 0.2) is 40.9 Å². The van der Waals surface area contributed by atoms with Crippen LogP contribution in [0, 0.1) is 0 Å². The predicted molar refractivity (Wildman–Crippen MR) is 71.0 cm³/mol.